The molecule has 0 unspecified atom stereocenters. The smallest absolute Gasteiger partial charge is 0.329 e. The number of carboxylic acids is 1. The molecule has 0 spiro atoms. The van der Waals surface area contributed by atoms with Gasteiger partial charge in [0.05, 0.1) is 5.75 Å². The van der Waals surface area contributed by atoms with Crippen molar-refractivity contribution in [2.75, 3.05) is 5.75 Å². The average molecular weight is 344 g/mol. The number of hydrogen-bond acceptors (Lipinski definition) is 3. The fraction of sp³-hybridized carbons (Fsp3) is 0.385. The van der Waals surface area contributed by atoms with Crippen molar-refractivity contribution in [3.63, 3.8) is 0 Å². The lowest BCUT2D eigenvalue weighted by molar-refractivity contribution is -0.151. The monoisotopic (exact) mass is 343 g/mol. The van der Waals surface area contributed by atoms with Crippen molar-refractivity contribution in [2.24, 2.45) is 0 Å². The molecule has 0 aromatic heterocycles. The zero-order valence-electron chi connectivity index (χ0n) is 10.2. The Kier molecular flexibility index (Phi) is 4.52. The molecular weight excluding hydrogens is 330 g/mol. The van der Waals surface area contributed by atoms with E-state index < -0.39 is 11.5 Å². The van der Waals surface area contributed by atoms with Crippen molar-refractivity contribution < 1.29 is 14.7 Å². The minimum Gasteiger partial charge on any atom is -0.480 e. The van der Waals surface area contributed by atoms with Crippen LogP contribution in [0.25, 0.3) is 0 Å². The second-order valence-corrected chi connectivity index (χ2v) is 6.50. The topological polar surface area (TPSA) is 66.4 Å². The number of amides is 1. The van der Waals surface area contributed by atoms with Gasteiger partial charge in [-0.25, -0.2) is 4.79 Å². The van der Waals surface area contributed by atoms with Gasteiger partial charge in [0.25, 0.3) is 0 Å². The summed E-state index contributed by atoms with van der Waals surface area (Å²) in [6.07, 6.45) is 1.90. The molecule has 1 aliphatic rings. The van der Waals surface area contributed by atoms with E-state index in [9.17, 15) is 9.59 Å². The quantitative estimate of drug-likeness (QED) is 0.806. The van der Waals surface area contributed by atoms with E-state index in [0.29, 0.717) is 12.8 Å². The number of carboxylic acid groups (broad SMARTS) is 1. The maximum absolute atomic E-state index is 11.8. The van der Waals surface area contributed by atoms with Crippen LogP contribution in [-0.4, -0.2) is 28.3 Å². The highest BCUT2D eigenvalue weighted by Gasteiger charge is 2.45. The number of nitrogens with one attached hydrogen (secondary N) is 1. The van der Waals surface area contributed by atoms with Crippen LogP contribution in [0.4, 0.5) is 0 Å². The van der Waals surface area contributed by atoms with Gasteiger partial charge in [0.1, 0.15) is 5.54 Å². The van der Waals surface area contributed by atoms with Crippen molar-refractivity contribution in [1.82, 2.24) is 5.32 Å². The molecule has 0 heterocycles. The van der Waals surface area contributed by atoms with Gasteiger partial charge in [-0.15, -0.1) is 11.8 Å². The lowest BCUT2D eigenvalue weighted by atomic mass is 9.77. The minimum atomic E-state index is -1.02. The number of carbonyl (C=O) groups excluding carboxylic acids is 1. The molecule has 0 radical (unpaired) electrons. The molecule has 0 aliphatic heterocycles. The van der Waals surface area contributed by atoms with Gasteiger partial charge < -0.3 is 10.4 Å². The maximum atomic E-state index is 11.8. The van der Waals surface area contributed by atoms with Crippen LogP contribution in [0, 0.1) is 0 Å². The molecule has 1 aromatic carbocycles. The van der Waals surface area contributed by atoms with E-state index in [4.69, 9.17) is 5.11 Å². The summed E-state index contributed by atoms with van der Waals surface area (Å²) in [5, 5.41) is 11.8. The van der Waals surface area contributed by atoms with Crippen LogP contribution in [0.2, 0.25) is 0 Å². The SMILES string of the molecule is O=C(CSc1ccc(Br)cc1)NC1(C(=O)O)CCC1. The Hall–Kier alpha value is -1.01. The van der Waals surface area contributed by atoms with Crippen LogP contribution in [0.15, 0.2) is 33.6 Å². The Morgan fingerprint density at radius 3 is 2.42 bits per heavy atom. The molecule has 1 aliphatic carbocycles. The van der Waals surface area contributed by atoms with Crippen molar-refractivity contribution >= 4 is 39.6 Å². The number of aliphatic carboxylic acids is 1. The van der Waals surface area contributed by atoms with E-state index in [0.717, 1.165) is 15.8 Å². The van der Waals surface area contributed by atoms with Crippen molar-refractivity contribution in [1.29, 1.82) is 0 Å². The molecular formula is C13H14BrNO3S. The molecule has 0 saturated heterocycles. The first-order chi connectivity index (χ1) is 9.02. The summed E-state index contributed by atoms with van der Waals surface area (Å²) in [5.74, 6) is -0.924. The third kappa shape index (κ3) is 3.51. The Morgan fingerprint density at radius 2 is 1.95 bits per heavy atom. The number of thioether (sulfide) groups is 1. The molecule has 1 amide bonds. The van der Waals surface area contributed by atoms with Gasteiger partial charge in [0, 0.05) is 9.37 Å². The second-order valence-electron chi connectivity index (χ2n) is 4.53. The van der Waals surface area contributed by atoms with Gasteiger partial charge in [0.15, 0.2) is 0 Å². The van der Waals surface area contributed by atoms with Gasteiger partial charge in [-0.3, -0.25) is 4.79 Å². The van der Waals surface area contributed by atoms with E-state index in [1.807, 2.05) is 24.3 Å². The third-order valence-corrected chi connectivity index (χ3v) is 4.72. The summed E-state index contributed by atoms with van der Waals surface area (Å²) in [7, 11) is 0. The molecule has 1 saturated carbocycles. The molecule has 2 rings (SSSR count). The first-order valence-corrected chi connectivity index (χ1v) is 7.72. The molecule has 4 nitrogen and oxygen atoms in total. The summed E-state index contributed by atoms with van der Waals surface area (Å²) in [6, 6.07) is 7.65. The number of halogens is 1. The molecule has 102 valence electrons. The summed E-state index contributed by atoms with van der Waals surface area (Å²) in [5.41, 5.74) is -1.02. The predicted octanol–water partition coefficient (Wildman–Crippen LogP) is 2.66. The maximum Gasteiger partial charge on any atom is 0.329 e. The van der Waals surface area contributed by atoms with E-state index in [-0.39, 0.29) is 11.7 Å². The first-order valence-electron chi connectivity index (χ1n) is 5.95. The minimum absolute atomic E-state index is 0.227. The van der Waals surface area contributed by atoms with Crippen molar-refractivity contribution in [3.8, 4) is 0 Å². The third-order valence-electron chi connectivity index (χ3n) is 3.18. The van der Waals surface area contributed by atoms with Gasteiger partial charge >= 0.3 is 5.97 Å². The molecule has 6 heteroatoms. The molecule has 1 fully saturated rings. The number of benzene rings is 1. The average Bonchev–Trinajstić information content (AvgIpc) is 2.32. The highest BCUT2D eigenvalue weighted by Crippen LogP contribution is 2.32. The van der Waals surface area contributed by atoms with Crippen LogP contribution in [0.5, 0.6) is 0 Å². The normalized spacial score (nSPS) is 16.5. The summed E-state index contributed by atoms with van der Waals surface area (Å²) >= 11 is 4.74. The standard InChI is InChI=1S/C13H14BrNO3S/c14-9-2-4-10(5-3-9)19-8-11(16)15-13(12(17)18)6-1-7-13/h2-5H,1,6-8H2,(H,15,16)(H,17,18). The van der Waals surface area contributed by atoms with Crippen molar-refractivity contribution in [2.45, 2.75) is 29.7 Å². The second kappa shape index (κ2) is 5.96. The number of rotatable bonds is 5. The summed E-state index contributed by atoms with van der Waals surface area (Å²) in [4.78, 5) is 23.9. The lowest BCUT2D eigenvalue weighted by Crippen LogP contribution is -2.59. The molecule has 19 heavy (non-hydrogen) atoms. The van der Waals surface area contributed by atoms with Gasteiger partial charge in [0.2, 0.25) is 5.91 Å². The van der Waals surface area contributed by atoms with Crippen LogP contribution in [0.3, 0.4) is 0 Å². The van der Waals surface area contributed by atoms with Crippen LogP contribution in [0.1, 0.15) is 19.3 Å². The molecule has 1 aromatic rings. The summed E-state index contributed by atoms with van der Waals surface area (Å²) < 4.78 is 0.987. The van der Waals surface area contributed by atoms with Gasteiger partial charge in [-0.05, 0) is 43.5 Å². The Morgan fingerprint density at radius 1 is 1.32 bits per heavy atom. The Bertz CT molecular complexity index is 485. The Labute approximate surface area is 124 Å². The van der Waals surface area contributed by atoms with E-state index in [1.165, 1.54) is 11.8 Å². The molecule has 0 atom stereocenters. The highest BCUT2D eigenvalue weighted by molar-refractivity contribution is 9.10. The predicted molar refractivity (Wildman–Crippen MR) is 77.2 cm³/mol. The van der Waals surface area contributed by atoms with Crippen molar-refractivity contribution in [3.05, 3.63) is 28.7 Å². The zero-order chi connectivity index (χ0) is 13.9. The molecule has 2 N–H and O–H groups in total. The fourth-order valence-corrected chi connectivity index (χ4v) is 2.87. The van der Waals surface area contributed by atoms with Gasteiger partial charge in [-0.2, -0.15) is 0 Å². The zero-order valence-corrected chi connectivity index (χ0v) is 12.6. The van der Waals surface area contributed by atoms with Crippen LogP contribution < -0.4 is 5.32 Å². The fourth-order valence-electron chi connectivity index (χ4n) is 1.91. The molecule has 0 bridgehead atoms. The van der Waals surface area contributed by atoms with Crippen LogP contribution >= 0.6 is 27.7 Å². The van der Waals surface area contributed by atoms with E-state index >= 15 is 0 Å². The largest absolute Gasteiger partial charge is 0.480 e. The number of carbonyl (C=O) groups is 2. The highest BCUT2D eigenvalue weighted by atomic mass is 79.9. The first kappa shape index (κ1) is 14.4. The summed E-state index contributed by atoms with van der Waals surface area (Å²) in [6.45, 7) is 0. The Balaban J connectivity index is 1.85. The van der Waals surface area contributed by atoms with Gasteiger partial charge in [-0.1, -0.05) is 15.9 Å². The van der Waals surface area contributed by atoms with E-state index in [1.54, 1.807) is 0 Å². The lowest BCUT2D eigenvalue weighted by Gasteiger charge is -2.38. The van der Waals surface area contributed by atoms with E-state index in [2.05, 4.69) is 21.2 Å². The van der Waals surface area contributed by atoms with Crippen LogP contribution in [-0.2, 0) is 9.59 Å². The number of hydrogen-bond donors (Lipinski definition) is 2.